The smallest absolute Gasteiger partial charge is 0.305 e. The number of hydrogen-bond acceptors (Lipinski definition) is 4. The minimum atomic E-state index is -0.225. The van der Waals surface area contributed by atoms with E-state index in [0.29, 0.717) is 51.9 Å². The lowest BCUT2D eigenvalue weighted by molar-refractivity contribution is -0.143. The minimum absolute atomic E-state index is 0.00764. The number of ether oxygens (including phenoxy) is 1. The summed E-state index contributed by atoms with van der Waals surface area (Å²) in [5.41, 5.74) is 0. The third-order valence-electron chi connectivity index (χ3n) is 3.83. The summed E-state index contributed by atoms with van der Waals surface area (Å²) >= 11 is 0. The highest BCUT2D eigenvalue weighted by molar-refractivity contribution is 5.80. The maximum Gasteiger partial charge on any atom is 0.305 e. The third-order valence-corrected chi connectivity index (χ3v) is 3.83. The van der Waals surface area contributed by atoms with Crippen molar-refractivity contribution in [3.63, 3.8) is 0 Å². The zero-order chi connectivity index (χ0) is 16.5. The standard InChI is InChI=1S/C16H28N2O4/c1-4-22-14(19)6-5-9-17-15(20)13-7-10-18(11-8-13)16(21)12(2)3/h12-13H,4-11H2,1-3H3,(H,17,20). The van der Waals surface area contributed by atoms with Crippen molar-refractivity contribution in [2.24, 2.45) is 11.8 Å². The summed E-state index contributed by atoms with van der Waals surface area (Å²) in [4.78, 5) is 36.9. The molecule has 1 fully saturated rings. The summed E-state index contributed by atoms with van der Waals surface area (Å²) in [6, 6.07) is 0. The number of piperidine rings is 1. The lowest BCUT2D eigenvalue weighted by Gasteiger charge is -2.32. The Hall–Kier alpha value is -1.59. The normalized spacial score (nSPS) is 15.7. The second kappa shape index (κ2) is 9.43. The zero-order valence-electron chi connectivity index (χ0n) is 13.9. The number of likely N-dealkylation sites (tertiary alicyclic amines) is 1. The molecular weight excluding hydrogens is 284 g/mol. The Morgan fingerprint density at radius 2 is 1.86 bits per heavy atom. The van der Waals surface area contributed by atoms with Gasteiger partial charge in [-0.25, -0.2) is 0 Å². The summed E-state index contributed by atoms with van der Waals surface area (Å²) in [6.45, 7) is 7.74. The molecule has 0 aromatic carbocycles. The topological polar surface area (TPSA) is 75.7 Å². The highest BCUT2D eigenvalue weighted by atomic mass is 16.5. The van der Waals surface area contributed by atoms with Gasteiger partial charge in [0, 0.05) is 37.9 Å². The van der Waals surface area contributed by atoms with E-state index in [1.807, 2.05) is 18.7 Å². The van der Waals surface area contributed by atoms with Gasteiger partial charge < -0.3 is 15.0 Å². The monoisotopic (exact) mass is 312 g/mol. The van der Waals surface area contributed by atoms with Crippen molar-refractivity contribution in [2.75, 3.05) is 26.2 Å². The van der Waals surface area contributed by atoms with Crippen molar-refractivity contribution in [1.82, 2.24) is 10.2 Å². The van der Waals surface area contributed by atoms with Crippen LogP contribution in [0.1, 0.15) is 46.5 Å². The molecule has 0 radical (unpaired) electrons. The van der Waals surface area contributed by atoms with Crippen LogP contribution in [0.15, 0.2) is 0 Å². The number of esters is 1. The molecule has 0 aromatic heterocycles. The Morgan fingerprint density at radius 1 is 1.23 bits per heavy atom. The zero-order valence-corrected chi connectivity index (χ0v) is 13.9. The van der Waals surface area contributed by atoms with Gasteiger partial charge in [-0.3, -0.25) is 14.4 Å². The van der Waals surface area contributed by atoms with Crippen LogP contribution < -0.4 is 5.32 Å². The predicted molar refractivity (Wildman–Crippen MR) is 83.0 cm³/mol. The van der Waals surface area contributed by atoms with E-state index in [0.717, 1.165) is 0 Å². The molecule has 0 atom stereocenters. The molecule has 6 heteroatoms. The summed E-state index contributed by atoms with van der Waals surface area (Å²) in [5, 5.41) is 2.87. The van der Waals surface area contributed by atoms with E-state index in [1.54, 1.807) is 6.92 Å². The average molecular weight is 312 g/mol. The first-order chi connectivity index (χ1) is 10.5. The molecule has 1 heterocycles. The molecular formula is C16H28N2O4. The Bertz CT molecular complexity index is 388. The number of carbonyl (C=O) groups is 3. The quantitative estimate of drug-likeness (QED) is 0.568. The minimum Gasteiger partial charge on any atom is -0.466 e. The van der Waals surface area contributed by atoms with Crippen LogP contribution in [0.4, 0.5) is 0 Å². The van der Waals surface area contributed by atoms with Crippen LogP contribution in [-0.4, -0.2) is 48.9 Å². The molecule has 0 aliphatic carbocycles. The average Bonchev–Trinajstić information content (AvgIpc) is 2.51. The number of nitrogens with one attached hydrogen (secondary N) is 1. The van der Waals surface area contributed by atoms with Gasteiger partial charge in [-0.2, -0.15) is 0 Å². The van der Waals surface area contributed by atoms with Gasteiger partial charge in [0.05, 0.1) is 6.61 Å². The van der Waals surface area contributed by atoms with Crippen LogP contribution >= 0.6 is 0 Å². The SMILES string of the molecule is CCOC(=O)CCCNC(=O)C1CCN(C(=O)C(C)C)CC1. The van der Waals surface area contributed by atoms with Gasteiger partial charge in [-0.15, -0.1) is 0 Å². The summed E-state index contributed by atoms with van der Waals surface area (Å²) in [7, 11) is 0. The first-order valence-electron chi connectivity index (χ1n) is 8.17. The van der Waals surface area contributed by atoms with Gasteiger partial charge in [0.15, 0.2) is 0 Å². The Morgan fingerprint density at radius 3 is 2.41 bits per heavy atom. The summed E-state index contributed by atoms with van der Waals surface area (Å²) < 4.78 is 4.83. The molecule has 0 aromatic rings. The van der Waals surface area contributed by atoms with E-state index in [1.165, 1.54) is 0 Å². The lowest BCUT2D eigenvalue weighted by atomic mass is 9.95. The van der Waals surface area contributed by atoms with Gasteiger partial charge in [0.2, 0.25) is 11.8 Å². The van der Waals surface area contributed by atoms with E-state index in [-0.39, 0.29) is 29.6 Å². The van der Waals surface area contributed by atoms with Crippen molar-refractivity contribution < 1.29 is 19.1 Å². The molecule has 0 saturated carbocycles. The van der Waals surface area contributed by atoms with Crippen molar-refractivity contribution in [1.29, 1.82) is 0 Å². The molecule has 22 heavy (non-hydrogen) atoms. The van der Waals surface area contributed by atoms with Crippen LogP contribution in [-0.2, 0) is 19.1 Å². The molecule has 1 aliphatic rings. The number of amides is 2. The fourth-order valence-electron chi connectivity index (χ4n) is 2.55. The Balaban J connectivity index is 2.20. The highest BCUT2D eigenvalue weighted by Crippen LogP contribution is 2.18. The second-order valence-electron chi connectivity index (χ2n) is 5.95. The number of nitrogens with zero attached hydrogens (tertiary/aromatic N) is 1. The molecule has 1 aliphatic heterocycles. The first-order valence-corrected chi connectivity index (χ1v) is 8.17. The summed E-state index contributed by atoms with van der Waals surface area (Å²) in [5.74, 6) is -0.0573. The maximum absolute atomic E-state index is 12.0. The van der Waals surface area contributed by atoms with Gasteiger partial charge in [-0.1, -0.05) is 13.8 Å². The van der Waals surface area contributed by atoms with Crippen LogP contribution in [0.3, 0.4) is 0 Å². The maximum atomic E-state index is 12.0. The van der Waals surface area contributed by atoms with Gasteiger partial charge in [0.25, 0.3) is 0 Å². The largest absolute Gasteiger partial charge is 0.466 e. The summed E-state index contributed by atoms with van der Waals surface area (Å²) in [6.07, 6.45) is 2.34. The van der Waals surface area contributed by atoms with E-state index in [4.69, 9.17) is 4.74 Å². The van der Waals surface area contributed by atoms with Gasteiger partial charge >= 0.3 is 5.97 Å². The molecule has 1 rings (SSSR count). The van der Waals surface area contributed by atoms with Gasteiger partial charge in [-0.05, 0) is 26.2 Å². The fraction of sp³-hybridized carbons (Fsp3) is 0.812. The Labute approximate surface area is 132 Å². The highest BCUT2D eigenvalue weighted by Gasteiger charge is 2.27. The molecule has 0 spiro atoms. The van der Waals surface area contributed by atoms with Crippen LogP contribution in [0.2, 0.25) is 0 Å². The number of rotatable bonds is 7. The van der Waals surface area contributed by atoms with E-state index in [2.05, 4.69) is 5.32 Å². The van der Waals surface area contributed by atoms with E-state index >= 15 is 0 Å². The van der Waals surface area contributed by atoms with Gasteiger partial charge in [0.1, 0.15) is 0 Å². The van der Waals surface area contributed by atoms with Crippen molar-refractivity contribution in [3.05, 3.63) is 0 Å². The van der Waals surface area contributed by atoms with Crippen molar-refractivity contribution in [3.8, 4) is 0 Å². The number of carbonyl (C=O) groups excluding carboxylic acids is 3. The van der Waals surface area contributed by atoms with Crippen molar-refractivity contribution >= 4 is 17.8 Å². The molecule has 6 nitrogen and oxygen atoms in total. The fourth-order valence-corrected chi connectivity index (χ4v) is 2.55. The molecule has 0 bridgehead atoms. The molecule has 0 unspecified atom stereocenters. The number of hydrogen-bond donors (Lipinski definition) is 1. The third kappa shape index (κ3) is 6.03. The van der Waals surface area contributed by atoms with Crippen LogP contribution in [0.25, 0.3) is 0 Å². The lowest BCUT2D eigenvalue weighted by Crippen LogP contribution is -2.44. The van der Waals surface area contributed by atoms with Crippen LogP contribution in [0.5, 0.6) is 0 Å². The molecule has 1 N–H and O–H groups in total. The first kappa shape index (κ1) is 18.5. The van der Waals surface area contributed by atoms with Crippen molar-refractivity contribution in [2.45, 2.75) is 46.5 Å². The molecule has 126 valence electrons. The predicted octanol–water partition coefficient (Wildman–Crippen LogP) is 1.34. The molecule has 2 amide bonds. The van der Waals surface area contributed by atoms with E-state index in [9.17, 15) is 14.4 Å². The van der Waals surface area contributed by atoms with E-state index < -0.39 is 0 Å². The second-order valence-corrected chi connectivity index (χ2v) is 5.95. The molecule has 1 saturated heterocycles. The van der Waals surface area contributed by atoms with Crippen LogP contribution in [0, 0.1) is 11.8 Å². The Kier molecular flexibility index (Phi) is 7.91.